The predicted octanol–water partition coefficient (Wildman–Crippen LogP) is 2.82. The van der Waals surface area contributed by atoms with Gasteiger partial charge in [-0.05, 0) is 31.0 Å². The van der Waals surface area contributed by atoms with Crippen molar-refractivity contribution in [2.45, 2.75) is 19.9 Å². The van der Waals surface area contributed by atoms with Crippen LogP contribution in [0.4, 0.5) is 0 Å². The first-order chi connectivity index (χ1) is 8.13. The Bertz CT molecular complexity index is 508. The highest BCUT2D eigenvalue weighted by molar-refractivity contribution is 7.09. The summed E-state index contributed by atoms with van der Waals surface area (Å²) >= 11 is 1.57. The summed E-state index contributed by atoms with van der Waals surface area (Å²) in [6.07, 6.45) is 1.81. The van der Waals surface area contributed by atoms with Crippen LogP contribution in [0.2, 0.25) is 0 Å². The van der Waals surface area contributed by atoms with Gasteiger partial charge in [0.1, 0.15) is 5.75 Å². The van der Waals surface area contributed by atoms with E-state index in [0.717, 1.165) is 21.8 Å². The molecule has 1 aromatic carbocycles. The number of thiazole rings is 1. The zero-order chi connectivity index (χ0) is 12.4. The number of ether oxygens (including phenoxy) is 1. The van der Waals surface area contributed by atoms with Crippen molar-refractivity contribution in [3.8, 4) is 5.75 Å². The molecular formula is C13H16N2OS. The maximum atomic E-state index is 6.28. The molecule has 90 valence electrons. The summed E-state index contributed by atoms with van der Waals surface area (Å²) in [5.41, 5.74) is 11.5. The molecule has 1 aromatic heterocycles. The van der Waals surface area contributed by atoms with Crippen LogP contribution in [0.15, 0.2) is 23.8 Å². The van der Waals surface area contributed by atoms with Crippen LogP contribution in [0.25, 0.3) is 0 Å². The maximum Gasteiger partial charge on any atom is 0.124 e. The molecule has 1 heterocycles. The molecule has 0 aliphatic carbocycles. The number of aromatic nitrogens is 1. The number of nitrogens with zero attached hydrogens (tertiary/aromatic N) is 1. The minimum atomic E-state index is -0.168. The van der Waals surface area contributed by atoms with E-state index < -0.39 is 0 Å². The minimum Gasteiger partial charge on any atom is -0.496 e. The predicted molar refractivity (Wildman–Crippen MR) is 70.6 cm³/mol. The molecule has 4 heteroatoms. The molecule has 0 radical (unpaired) electrons. The zero-order valence-electron chi connectivity index (χ0n) is 10.2. The van der Waals surface area contributed by atoms with E-state index in [0.29, 0.717) is 0 Å². The number of nitrogens with two attached hydrogens (primary N) is 1. The van der Waals surface area contributed by atoms with Crippen molar-refractivity contribution in [3.05, 3.63) is 45.4 Å². The Labute approximate surface area is 105 Å². The van der Waals surface area contributed by atoms with E-state index in [1.54, 1.807) is 24.0 Å². The average Bonchev–Trinajstić information content (AvgIpc) is 2.80. The number of rotatable bonds is 3. The summed E-state index contributed by atoms with van der Waals surface area (Å²) in [6.45, 7) is 4.11. The second kappa shape index (κ2) is 4.85. The quantitative estimate of drug-likeness (QED) is 0.908. The van der Waals surface area contributed by atoms with Gasteiger partial charge in [-0.1, -0.05) is 6.07 Å². The SMILES string of the molecule is COc1cc(C)cc(C)c1C(N)c1cncs1. The van der Waals surface area contributed by atoms with Gasteiger partial charge in [-0.15, -0.1) is 11.3 Å². The third-order valence-electron chi connectivity index (χ3n) is 2.78. The molecule has 2 N–H and O–H groups in total. The van der Waals surface area contributed by atoms with Gasteiger partial charge >= 0.3 is 0 Å². The lowest BCUT2D eigenvalue weighted by atomic mass is 9.97. The highest BCUT2D eigenvalue weighted by Gasteiger charge is 2.18. The Hall–Kier alpha value is -1.39. The van der Waals surface area contributed by atoms with Crippen LogP contribution >= 0.6 is 11.3 Å². The van der Waals surface area contributed by atoms with Crippen molar-refractivity contribution in [1.29, 1.82) is 0 Å². The molecule has 0 saturated heterocycles. The summed E-state index contributed by atoms with van der Waals surface area (Å²) in [7, 11) is 1.68. The first-order valence-electron chi connectivity index (χ1n) is 5.42. The lowest BCUT2D eigenvalue weighted by molar-refractivity contribution is 0.407. The van der Waals surface area contributed by atoms with Crippen molar-refractivity contribution in [1.82, 2.24) is 4.98 Å². The molecular weight excluding hydrogens is 232 g/mol. The molecule has 0 fully saturated rings. The number of aryl methyl sites for hydroxylation is 2. The Kier molecular flexibility index (Phi) is 3.45. The maximum absolute atomic E-state index is 6.28. The summed E-state index contributed by atoms with van der Waals surface area (Å²) in [5.74, 6) is 0.850. The third-order valence-corrected chi connectivity index (χ3v) is 3.64. The lowest BCUT2D eigenvalue weighted by Crippen LogP contribution is -2.13. The van der Waals surface area contributed by atoms with Crippen molar-refractivity contribution in [3.63, 3.8) is 0 Å². The van der Waals surface area contributed by atoms with Crippen LogP contribution in [0.5, 0.6) is 5.75 Å². The monoisotopic (exact) mass is 248 g/mol. The summed E-state index contributed by atoms with van der Waals surface area (Å²) in [6, 6.07) is 3.97. The van der Waals surface area contributed by atoms with E-state index >= 15 is 0 Å². The first kappa shape index (κ1) is 12.1. The largest absolute Gasteiger partial charge is 0.496 e. The second-order valence-corrected chi connectivity index (χ2v) is 5.00. The number of benzene rings is 1. The molecule has 3 nitrogen and oxygen atoms in total. The Balaban J connectivity index is 2.51. The third kappa shape index (κ3) is 2.33. The number of hydrogen-bond acceptors (Lipinski definition) is 4. The van der Waals surface area contributed by atoms with Gasteiger partial charge in [0.15, 0.2) is 0 Å². The van der Waals surface area contributed by atoms with Gasteiger partial charge in [0.2, 0.25) is 0 Å². The van der Waals surface area contributed by atoms with Gasteiger partial charge in [-0.2, -0.15) is 0 Å². The molecule has 0 aliphatic rings. The van der Waals surface area contributed by atoms with Gasteiger partial charge < -0.3 is 10.5 Å². The van der Waals surface area contributed by atoms with Crippen LogP contribution < -0.4 is 10.5 Å². The molecule has 1 atom stereocenters. The van der Waals surface area contributed by atoms with E-state index in [4.69, 9.17) is 10.5 Å². The molecule has 0 bridgehead atoms. The zero-order valence-corrected chi connectivity index (χ0v) is 11.0. The highest BCUT2D eigenvalue weighted by atomic mass is 32.1. The lowest BCUT2D eigenvalue weighted by Gasteiger charge is -2.17. The van der Waals surface area contributed by atoms with E-state index in [1.807, 2.05) is 12.3 Å². The van der Waals surface area contributed by atoms with Gasteiger partial charge in [-0.25, -0.2) is 0 Å². The van der Waals surface area contributed by atoms with Crippen LogP contribution in [0.3, 0.4) is 0 Å². The highest BCUT2D eigenvalue weighted by Crippen LogP contribution is 2.33. The fraction of sp³-hybridized carbons (Fsp3) is 0.308. The van der Waals surface area contributed by atoms with Gasteiger partial charge in [0.25, 0.3) is 0 Å². The molecule has 2 aromatic rings. The second-order valence-electron chi connectivity index (χ2n) is 4.08. The number of hydrogen-bond donors (Lipinski definition) is 1. The summed E-state index contributed by atoms with van der Waals surface area (Å²) in [5, 5.41) is 0. The minimum absolute atomic E-state index is 0.168. The normalized spacial score (nSPS) is 12.5. The molecule has 0 amide bonds. The van der Waals surface area contributed by atoms with Crippen LogP contribution in [-0.4, -0.2) is 12.1 Å². The van der Waals surface area contributed by atoms with Crippen LogP contribution in [-0.2, 0) is 0 Å². The van der Waals surface area contributed by atoms with Gasteiger partial charge in [0, 0.05) is 16.6 Å². The van der Waals surface area contributed by atoms with Crippen molar-refractivity contribution in [2.24, 2.45) is 5.73 Å². The van der Waals surface area contributed by atoms with E-state index in [-0.39, 0.29) is 6.04 Å². The van der Waals surface area contributed by atoms with E-state index in [1.165, 1.54) is 5.56 Å². The molecule has 17 heavy (non-hydrogen) atoms. The van der Waals surface area contributed by atoms with E-state index in [2.05, 4.69) is 24.9 Å². The van der Waals surface area contributed by atoms with Crippen molar-refractivity contribution >= 4 is 11.3 Å². The first-order valence-corrected chi connectivity index (χ1v) is 6.30. The molecule has 0 spiro atoms. The van der Waals surface area contributed by atoms with Crippen LogP contribution in [0, 0.1) is 13.8 Å². The fourth-order valence-electron chi connectivity index (χ4n) is 2.03. The molecule has 2 rings (SSSR count). The molecule has 0 aliphatic heterocycles. The smallest absolute Gasteiger partial charge is 0.124 e. The van der Waals surface area contributed by atoms with Crippen LogP contribution in [0.1, 0.15) is 27.6 Å². The topological polar surface area (TPSA) is 48.1 Å². The van der Waals surface area contributed by atoms with Gasteiger partial charge in [0.05, 0.1) is 18.7 Å². The Morgan fingerprint density at radius 2 is 2.12 bits per heavy atom. The summed E-state index contributed by atoms with van der Waals surface area (Å²) in [4.78, 5) is 5.12. The van der Waals surface area contributed by atoms with Gasteiger partial charge in [-0.3, -0.25) is 4.98 Å². The Morgan fingerprint density at radius 3 is 2.71 bits per heavy atom. The molecule has 1 unspecified atom stereocenters. The summed E-state index contributed by atoms with van der Waals surface area (Å²) < 4.78 is 5.43. The standard InChI is InChI=1S/C13H16N2OS/c1-8-4-9(2)12(10(5-8)16-3)13(14)11-6-15-7-17-11/h4-7,13H,14H2,1-3H3. The average molecular weight is 248 g/mol. The van der Waals surface area contributed by atoms with Crippen molar-refractivity contribution < 1.29 is 4.74 Å². The fourth-order valence-corrected chi connectivity index (χ4v) is 2.66. The number of methoxy groups -OCH3 is 1. The van der Waals surface area contributed by atoms with Crippen molar-refractivity contribution in [2.75, 3.05) is 7.11 Å². The van der Waals surface area contributed by atoms with E-state index in [9.17, 15) is 0 Å². The molecule has 0 saturated carbocycles. The Morgan fingerprint density at radius 1 is 1.35 bits per heavy atom.